The Labute approximate surface area is 334 Å². The van der Waals surface area contributed by atoms with Crippen molar-refractivity contribution in [2.75, 3.05) is 17.2 Å². The SMILES string of the molecule is CCC(=Cc1oc2ccc(-c3ccccc3)cc2[n+]1C(CC)CS(=O)(=O)O)C=C1Oc2ccc(-c3ccccc3)cc2N1CC(CC)S(=O)(=O)[O-].c1ccncc1. The largest absolute Gasteiger partial charge is 0.748 e. The molecule has 0 amide bonds. The first-order valence-corrected chi connectivity index (χ1v) is 21.8. The monoisotopic (exact) mass is 807 g/mol. The molecule has 0 bridgehead atoms. The molecule has 0 saturated heterocycles. The Bertz CT molecular complexity index is 2550. The third kappa shape index (κ3) is 10.2. The number of hydrogen-bond donors (Lipinski definition) is 1. The van der Waals surface area contributed by atoms with Crippen LogP contribution >= 0.6 is 0 Å². The minimum Gasteiger partial charge on any atom is -0.748 e. The van der Waals surface area contributed by atoms with Gasteiger partial charge in [0, 0.05) is 37.5 Å². The van der Waals surface area contributed by atoms with E-state index in [1.165, 1.54) is 0 Å². The molecule has 2 unspecified atom stereocenters. The van der Waals surface area contributed by atoms with Gasteiger partial charge in [-0.05, 0) is 71.0 Å². The summed E-state index contributed by atoms with van der Waals surface area (Å²) >= 11 is 0. The fraction of sp³-hybridized carbons (Fsp3) is 0.227. The van der Waals surface area contributed by atoms with Crippen LogP contribution < -0.4 is 14.2 Å². The van der Waals surface area contributed by atoms with Gasteiger partial charge in [-0.3, -0.25) is 9.54 Å². The van der Waals surface area contributed by atoms with Crippen LogP contribution in [0.1, 0.15) is 52.0 Å². The minimum atomic E-state index is -4.62. The van der Waals surface area contributed by atoms with E-state index in [-0.39, 0.29) is 13.0 Å². The van der Waals surface area contributed by atoms with Crippen molar-refractivity contribution < 1.29 is 39.7 Å². The third-order valence-corrected chi connectivity index (χ3v) is 11.8. The summed E-state index contributed by atoms with van der Waals surface area (Å²) in [6.07, 6.45) is 8.07. The first-order chi connectivity index (χ1) is 27.4. The van der Waals surface area contributed by atoms with Crippen molar-refractivity contribution in [3.63, 3.8) is 0 Å². The number of oxazole rings is 1. The number of nitrogens with zero attached hydrogens (tertiary/aromatic N) is 3. The number of hydrogen-bond acceptors (Lipinski definition) is 9. The molecule has 1 aliphatic rings. The van der Waals surface area contributed by atoms with Crippen LogP contribution in [0.15, 0.2) is 150 Å². The highest BCUT2D eigenvalue weighted by atomic mass is 32.2. The van der Waals surface area contributed by atoms with Crippen LogP contribution in [-0.2, 0) is 20.2 Å². The number of fused-ring (bicyclic) bond motifs is 2. The summed E-state index contributed by atoms with van der Waals surface area (Å²) in [4.78, 5) is 5.51. The standard InChI is InChI=1S/C39H40N2O8S2.C5H5N/c1-4-27(21-38-40(25-33(6-3)51(45,46)47)34-23-30(17-19-36(34)48-38)28-13-9-7-10-14-28)22-39-41(32(5-2)26-50(42,43)44)35-24-31(18-20-37(35)49-39)29-15-11-8-12-16-29;1-2-4-6-5-3-1/h7-24,32-33H,4-6,25-26H2,1-3H3,(H-,42,43,44,45,46,47);1-5H. The molecule has 7 rings (SSSR count). The molecular weight excluding hydrogens is 763 g/mol. The summed E-state index contributed by atoms with van der Waals surface area (Å²) in [6.45, 7) is 5.34. The molecule has 296 valence electrons. The Morgan fingerprint density at radius 2 is 1.42 bits per heavy atom. The lowest BCUT2D eigenvalue weighted by atomic mass is 10.0. The molecule has 57 heavy (non-hydrogen) atoms. The summed E-state index contributed by atoms with van der Waals surface area (Å²) in [5.74, 6) is 0.701. The van der Waals surface area contributed by atoms with Crippen LogP contribution in [0, 0.1) is 0 Å². The van der Waals surface area contributed by atoms with Gasteiger partial charge in [0.15, 0.2) is 11.8 Å². The first-order valence-electron chi connectivity index (χ1n) is 18.7. The zero-order chi connectivity index (χ0) is 40.6. The van der Waals surface area contributed by atoms with Crippen molar-refractivity contribution in [1.82, 2.24) is 4.98 Å². The first kappa shape index (κ1) is 41.0. The molecule has 0 aliphatic carbocycles. The van der Waals surface area contributed by atoms with Gasteiger partial charge in [0.2, 0.25) is 11.5 Å². The molecule has 0 saturated carbocycles. The molecule has 0 radical (unpaired) electrons. The van der Waals surface area contributed by atoms with E-state index in [0.717, 1.165) is 27.8 Å². The fourth-order valence-electron chi connectivity index (χ4n) is 6.69. The van der Waals surface area contributed by atoms with Crippen molar-refractivity contribution >= 4 is 43.1 Å². The zero-order valence-electron chi connectivity index (χ0n) is 31.9. The van der Waals surface area contributed by atoms with Crippen molar-refractivity contribution in [3.05, 3.63) is 151 Å². The van der Waals surface area contributed by atoms with Gasteiger partial charge in [-0.15, -0.1) is 0 Å². The van der Waals surface area contributed by atoms with Gasteiger partial charge in [0.25, 0.3) is 15.6 Å². The summed E-state index contributed by atoms with van der Waals surface area (Å²) in [5.41, 5.74) is 6.30. The molecule has 2 aromatic heterocycles. The average molecular weight is 808 g/mol. The number of anilines is 1. The molecule has 6 aromatic rings. The van der Waals surface area contributed by atoms with Gasteiger partial charge in [0.05, 0.1) is 27.1 Å². The number of ether oxygens (including phenoxy) is 1. The molecule has 2 atom stereocenters. The number of rotatable bonds is 13. The number of aromatic nitrogens is 2. The van der Waals surface area contributed by atoms with Gasteiger partial charge in [-0.1, -0.05) is 99.6 Å². The Morgan fingerprint density at radius 3 is 1.95 bits per heavy atom. The zero-order valence-corrected chi connectivity index (χ0v) is 33.6. The van der Waals surface area contributed by atoms with Crippen molar-refractivity contribution in [2.24, 2.45) is 0 Å². The second-order valence-electron chi connectivity index (χ2n) is 13.5. The molecule has 0 spiro atoms. The van der Waals surface area contributed by atoms with E-state index in [4.69, 9.17) is 9.15 Å². The molecule has 3 heterocycles. The second kappa shape index (κ2) is 18.1. The van der Waals surface area contributed by atoms with Gasteiger partial charge in [-0.25, -0.2) is 8.42 Å². The van der Waals surface area contributed by atoms with E-state index < -0.39 is 37.3 Å². The quantitative estimate of drug-likeness (QED) is 0.0885. The van der Waals surface area contributed by atoms with E-state index in [0.29, 0.717) is 47.2 Å². The average Bonchev–Trinajstić information content (AvgIpc) is 3.75. The van der Waals surface area contributed by atoms with Gasteiger partial charge < -0.3 is 18.6 Å². The Balaban J connectivity index is 0.000000837. The van der Waals surface area contributed by atoms with E-state index in [2.05, 4.69) is 4.98 Å². The van der Waals surface area contributed by atoms with Gasteiger partial charge in [-0.2, -0.15) is 13.0 Å². The van der Waals surface area contributed by atoms with Crippen LogP contribution in [0.5, 0.6) is 5.75 Å². The summed E-state index contributed by atoms with van der Waals surface area (Å²) in [5, 5.41) is -1.19. The second-order valence-corrected chi connectivity index (χ2v) is 16.7. The maximum atomic E-state index is 12.3. The number of pyridine rings is 1. The lowest BCUT2D eigenvalue weighted by molar-refractivity contribution is -0.700. The molecule has 11 nitrogen and oxygen atoms in total. The smallest absolute Gasteiger partial charge is 0.374 e. The van der Waals surface area contributed by atoms with Crippen molar-refractivity contribution in [3.8, 4) is 28.0 Å². The van der Waals surface area contributed by atoms with Crippen molar-refractivity contribution in [1.29, 1.82) is 0 Å². The van der Waals surface area contributed by atoms with Crippen LogP contribution in [0.25, 0.3) is 39.4 Å². The summed E-state index contributed by atoms with van der Waals surface area (Å²) < 4.78 is 85.6. The minimum absolute atomic E-state index is 0.116. The molecule has 1 N–H and O–H groups in total. The molecule has 0 fully saturated rings. The van der Waals surface area contributed by atoms with E-state index >= 15 is 0 Å². The summed E-state index contributed by atoms with van der Waals surface area (Å²) in [6, 6.07) is 36.0. The number of benzene rings is 4. The van der Waals surface area contributed by atoms with Gasteiger partial charge >= 0.3 is 5.89 Å². The van der Waals surface area contributed by atoms with Crippen LogP contribution in [0.3, 0.4) is 0 Å². The molecule has 4 aromatic carbocycles. The Hall–Kier alpha value is -5.60. The predicted octanol–water partition coefficient (Wildman–Crippen LogP) is 8.83. The predicted molar refractivity (Wildman–Crippen MR) is 222 cm³/mol. The number of allylic oxidation sites excluding steroid dienone is 2. The maximum absolute atomic E-state index is 12.3. The lowest BCUT2D eigenvalue weighted by Crippen LogP contribution is -2.44. The van der Waals surface area contributed by atoms with E-state index in [1.807, 2.05) is 129 Å². The topological polar surface area (TPSA) is 154 Å². The highest BCUT2D eigenvalue weighted by Gasteiger charge is 2.34. The molecular formula is C44H45N3O8S2. The normalized spacial score (nSPS) is 14.8. The Morgan fingerprint density at radius 1 is 0.807 bits per heavy atom. The lowest BCUT2D eigenvalue weighted by Gasteiger charge is -2.26. The summed E-state index contributed by atoms with van der Waals surface area (Å²) in [7, 11) is -8.97. The van der Waals surface area contributed by atoms with E-state index in [1.54, 1.807) is 40.9 Å². The maximum Gasteiger partial charge on any atom is 0.374 e. The molecule has 1 aliphatic heterocycles. The fourth-order valence-corrected chi connectivity index (χ4v) is 8.30. The third-order valence-electron chi connectivity index (χ3n) is 9.70. The van der Waals surface area contributed by atoms with Crippen LogP contribution in [0.4, 0.5) is 5.69 Å². The van der Waals surface area contributed by atoms with Crippen molar-refractivity contribution in [2.45, 2.75) is 51.3 Å². The molecule has 13 heteroatoms. The van der Waals surface area contributed by atoms with Crippen LogP contribution in [-0.4, -0.2) is 48.5 Å². The Kier molecular flexibility index (Phi) is 13.0. The van der Waals surface area contributed by atoms with Crippen LogP contribution in [0.2, 0.25) is 0 Å². The highest BCUT2D eigenvalue weighted by Crippen LogP contribution is 2.42. The van der Waals surface area contributed by atoms with Gasteiger partial charge in [0.1, 0.15) is 5.75 Å². The van der Waals surface area contributed by atoms with E-state index in [9.17, 15) is 25.9 Å². The highest BCUT2D eigenvalue weighted by molar-refractivity contribution is 7.86.